The summed E-state index contributed by atoms with van der Waals surface area (Å²) in [5, 5.41) is 31.4. The van der Waals surface area contributed by atoms with Crippen molar-refractivity contribution in [2.75, 3.05) is 6.61 Å². The van der Waals surface area contributed by atoms with Crippen LogP contribution in [0.5, 0.6) is 0 Å². The molecule has 4 nitrogen and oxygen atoms in total. The molecule has 3 saturated carbocycles. The number of ketones is 1. The van der Waals surface area contributed by atoms with Crippen molar-refractivity contribution in [2.45, 2.75) is 70.8 Å². The number of hydrogen-bond donors (Lipinski definition) is 3. The van der Waals surface area contributed by atoms with Gasteiger partial charge in [-0.3, -0.25) is 4.79 Å². The monoisotopic (exact) mass is 348 g/mol. The highest BCUT2D eigenvalue weighted by atomic mass is 16.3. The first-order valence-electron chi connectivity index (χ1n) is 10.0. The maximum Gasteiger partial charge on any atom is 0.159 e. The normalized spacial score (nSPS) is 52.2. The molecule has 0 spiro atoms. The Hall–Kier alpha value is -0.870. The zero-order valence-corrected chi connectivity index (χ0v) is 15.5. The second-order valence-electron chi connectivity index (χ2n) is 9.63. The van der Waals surface area contributed by atoms with Gasteiger partial charge in [0.15, 0.2) is 5.78 Å². The Morgan fingerprint density at radius 2 is 1.84 bits per heavy atom. The topological polar surface area (TPSA) is 77.8 Å². The molecule has 140 valence electrons. The standard InChI is InChI=1S/C21H32O4/c1-19-7-5-17-15(16(19)6-8-21(19,25)9-10-22)4-3-13-11-14(23)12-18(24)20(13,17)2/h12-13,15-17,22,24-25H,3-11H2,1-2H3/t13?,15-,16-,17-,19-,20-,21-/m0/s1. The zero-order valence-electron chi connectivity index (χ0n) is 15.5. The molecule has 0 aromatic carbocycles. The van der Waals surface area contributed by atoms with E-state index in [2.05, 4.69) is 13.8 Å². The third-order valence-electron chi connectivity index (χ3n) is 9.05. The van der Waals surface area contributed by atoms with Gasteiger partial charge in [0, 0.05) is 24.5 Å². The Labute approximate surface area is 150 Å². The van der Waals surface area contributed by atoms with E-state index in [0.717, 1.165) is 38.5 Å². The number of aliphatic hydroxyl groups excluding tert-OH is 2. The van der Waals surface area contributed by atoms with E-state index in [9.17, 15) is 20.1 Å². The number of hydrogen-bond acceptors (Lipinski definition) is 4. The van der Waals surface area contributed by atoms with Gasteiger partial charge in [-0.2, -0.15) is 0 Å². The lowest BCUT2D eigenvalue weighted by Gasteiger charge is -2.60. The Morgan fingerprint density at radius 3 is 2.56 bits per heavy atom. The van der Waals surface area contributed by atoms with Crippen molar-refractivity contribution in [1.29, 1.82) is 0 Å². The van der Waals surface area contributed by atoms with Gasteiger partial charge in [-0.05, 0) is 74.0 Å². The van der Waals surface area contributed by atoms with Crippen molar-refractivity contribution in [2.24, 2.45) is 34.5 Å². The predicted molar refractivity (Wildman–Crippen MR) is 94.9 cm³/mol. The summed E-state index contributed by atoms with van der Waals surface area (Å²) in [6, 6.07) is 0. The fraction of sp³-hybridized carbons (Fsp3) is 0.857. The van der Waals surface area contributed by atoms with Crippen LogP contribution < -0.4 is 0 Å². The highest BCUT2D eigenvalue weighted by Gasteiger charge is 2.65. The first-order chi connectivity index (χ1) is 11.8. The number of fused-ring (bicyclic) bond motifs is 5. The van der Waals surface area contributed by atoms with E-state index < -0.39 is 5.60 Å². The Morgan fingerprint density at radius 1 is 1.12 bits per heavy atom. The SMILES string of the molecule is C[C@]12C(O)=CC(=O)CC1CC[C@@H]1[C@@H]2CC[C@@]2(C)[C@H]1CC[C@]2(O)CCO. The van der Waals surface area contributed by atoms with Gasteiger partial charge in [0.2, 0.25) is 0 Å². The van der Waals surface area contributed by atoms with Crippen molar-refractivity contribution in [3.05, 3.63) is 11.8 Å². The lowest BCUT2D eigenvalue weighted by Crippen LogP contribution is -2.57. The van der Waals surface area contributed by atoms with Gasteiger partial charge in [-0.15, -0.1) is 0 Å². The predicted octanol–water partition coefficient (Wildman–Crippen LogP) is 3.37. The average Bonchev–Trinajstić information content (AvgIpc) is 2.81. The van der Waals surface area contributed by atoms with E-state index >= 15 is 0 Å². The van der Waals surface area contributed by atoms with Crippen LogP contribution in [-0.2, 0) is 4.79 Å². The molecule has 7 atom stereocenters. The van der Waals surface area contributed by atoms with Crippen molar-refractivity contribution < 1.29 is 20.1 Å². The molecular weight excluding hydrogens is 316 g/mol. The number of rotatable bonds is 2. The highest BCUT2D eigenvalue weighted by Crippen LogP contribution is 2.68. The van der Waals surface area contributed by atoms with Crippen molar-refractivity contribution >= 4 is 5.78 Å². The molecule has 4 rings (SSSR count). The molecule has 0 aromatic rings. The van der Waals surface area contributed by atoms with Crippen LogP contribution in [0.25, 0.3) is 0 Å². The van der Waals surface area contributed by atoms with E-state index in [4.69, 9.17) is 0 Å². The fourth-order valence-corrected chi connectivity index (χ4v) is 7.46. The molecular formula is C21H32O4. The Balaban J connectivity index is 1.68. The summed E-state index contributed by atoms with van der Waals surface area (Å²) in [7, 11) is 0. The molecule has 3 fully saturated rings. The van der Waals surface area contributed by atoms with Crippen LogP contribution in [0, 0.1) is 34.5 Å². The maximum absolute atomic E-state index is 11.9. The Bertz CT molecular complexity index is 613. The maximum atomic E-state index is 11.9. The number of carbonyl (C=O) groups excluding carboxylic acids is 1. The summed E-state index contributed by atoms with van der Waals surface area (Å²) in [6.07, 6.45) is 8.33. The molecule has 0 radical (unpaired) electrons. The summed E-state index contributed by atoms with van der Waals surface area (Å²) in [5.41, 5.74) is -1.17. The number of carbonyl (C=O) groups is 1. The van der Waals surface area contributed by atoms with Crippen LogP contribution in [0.2, 0.25) is 0 Å². The molecule has 0 amide bonds. The largest absolute Gasteiger partial charge is 0.512 e. The van der Waals surface area contributed by atoms with Gasteiger partial charge in [0.25, 0.3) is 0 Å². The van der Waals surface area contributed by atoms with Gasteiger partial charge in [-0.1, -0.05) is 13.8 Å². The van der Waals surface area contributed by atoms with Crippen molar-refractivity contribution in [3.63, 3.8) is 0 Å². The molecule has 0 heterocycles. The third-order valence-corrected chi connectivity index (χ3v) is 9.05. The lowest BCUT2D eigenvalue weighted by atomic mass is 9.45. The summed E-state index contributed by atoms with van der Waals surface area (Å²) < 4.78 is 0. The second-order valence-corrected chi connectivity index (χ2v) is 9.63. The Kier molecular flexibility index (Phi) is 3.90. The van der Waals surface area contributed by atoms with Crippen LogP contribution in [-0.4, -0.2) is 33.3 Å². The molecule has 1 unspecified atom stereocenters. The lowest BCUT2D eigenvalue weighted by molar-refractivity contribution is -0.152. The molecule has 0 bridgehead atoms. The smallest absolute Gasteiger partial charge is 0.159 e. The van der Waals surface area contributed by atoms with Crippen molar-refractivity contribution in [1.82, 2.24) is 0 Å². The molecule has 4 aliphatic rings. The first kappa shape index (κ1) is 17.5. The van der Waals surface area contributed by atoms with E-state index in [1.54, 1.807) is 0 Å². The zero-order chi connectivity index (χ0) is 18.0. The fourth-order valence-electron chi connectivity index (χ4n) is 7.46. The first-order valence-corrected chi connectivity index (χ1v) is 10.0. The molecule has 4 aliphatic carbocycles. The van der Waals surface area contributed by atoms with Crippen LogP contribution in [0.4, 0.5) is 0 Å². The quantitative estimate of drug-likeness (QED) is 0.715. The van der Waals surface area contributed by atoms with E-state index in [-0.39, 0.29) is 29.1 Å². The molecule has 3 N–H and O–H groups in total. The highest BCUT2D eigenvalue weighted by molar-refractivity contribution is 5.91. The van der Waals surface area contributed by atoms with E-state index in [0.29, 0.717) is 36.4 Å². The van der Waals surface area contributed by atoms with Gasteiger partial charge < -0.3 is 15.3 Å². The van der Waals surface area contributed by atoms with Crippen LogP contribution in [0.1, 0.15) is 65.2 Å². The van der Waals surface area contributed by atoms with Crippen LogP contribution in [0.3, 0.4) is 0 Å². The third kappa shape index (κ3) is 2.16. The summed E-state index contributed by atoms with van der Waals surface area (Å²) in [5.74, 6) is 1.97. The van der Waals surface area contributed by atoms with Gasteiger partial charge in [0.05, 0.1) is 5.60 Å². The molecule has 4 heteroatoms. The second kappa shape index (κ2) is 5.56. The van der Waals surface area contributed by atoms with Crippen molar-refractivity contribution in [3.8, 4) is 0 Å². The summed E-state index contributed by atoms with van der Waals surface area (Å²) in [6.45, 7) is 4.44. The number of aliphatic hydroxyl groups is 3. The van der Waals surface area contributed by atoms with Gasteiger partial charge in [-0.25, -0.2) is 0 Å². The molecule has 25 heavy (non-hydrogen) atoms. The van der Waals surface area contributed by atoms with Crippen LogP contribution in [0.15, 0.2) is 11.8 Å². The van der Waals surface area contributed by atoms with Crippen LogP contribution >= 0.6 is 0 Å². The van der Waals surface area contributed by atoms with E-state index in [1.165, 1.54) is 6.08 Å². The molecule has 0 aliphatic heterocycles. The van der Waals surface area contributed by atoms with Gasteiger partial charge >= 0.3 is 0 Å². The van der Waals surface area contributed by atoms with Gasteiger partial charge in [0.1, 0.15) is 5.76 Å². The summed E-state index contributed by atoms with van der Waals surface area (Å²) in [4.78, 5) is 11.9. The molecule has 0 aromatic heterocycles. The minimum absolute atomic E-state index is 0.0400. The molecule has 0 saturated heterocycles. The average molecular weight is 348 g/mol. The number of allylic oxidation sites excluding steroid dienone is 2. The minimum atomic E-state index is -0.754. The van der Waals surface area contributed by atoms with E-state index in [1.807, 2.05) is 0 Å². The summed E-state index contributed by atoms with van der Waals surface area (Å²) >= 11 is 0. The minimum Gasteiger partial charge on any atom is -0.512 e.